The van der Waals surface area contributed by atoms with Gasteiger partial charge in [-0.25, -0.2) is 0 Å². The zero-order valence-corrected chi connectivity index (χ0v) is 10.4. The summed E-state index contributed by atoms with van der Waals surface area (Å²) < 4.78 is 9.67. The first-order valence-corrected chi connectivity index (χ1v) is 6.04. The molecule has 0 saturated carbocycles. The molecular weight excluding hydrogens is 244 g/mol. The number of esters is 2. The molecule has 0 aliphatic heterocycles. The minimum atomic E-state index is -1.31. The van der Waals surface area contributed by atoms with Gasteiger partial charge in [0.15, 0.2) is 11.0 Å². The summed E-state index contributed by atoms with van der Waals surface area (Å²) in [7, 11) is 0. The van der Waals surface area contributed by atoms with E-state index in [2.05, 4.69) is 0 Å². The van der Waals surface area contributed by atoms with Gasteiger partial charge < -0.3 is 14.6 Å². The number of aliphatic hydroxyl groups excluding tert-OH is 1. The number of hydrogen-bond acceptors (Lipinski definition) is 6. The number of ether oxygens (including phenoxy) is 2. The Bertz CT molecular complexity index is 371. The van der Waals surface area contributed by atoms with Crippen LogP contribution in [0.4, 0.5) is 0 Å². The van der Waals surface area contributed by atoms with Crippen LogP contribution in [0, 0.1) is 5.92 Å². The average molecular weight is 258 g/mol. The van der Waals surface area contributed by atoms with Crippen LogP contribution in [0.25, 0.3) is 0 Å². The molecular formula is C11H14O5S. The molecule has 0 bridgehead atoms. The lowest BCUT2D eigenvalue weighted by molar-refractivity contribution is -0.161. The minimum absolute atomic E-state index is 0.147. The standard InChI is InChI=1S/C11H14O5S/c1-3-15-10(13)9(7(2)12)11(14)16-8-5-4-6-17-8/h4-7,9,12H,3H2,1-2H3. The van der Waals surface area contributed by atoms with E-state index in [0.29, 0.717) is 5.06 Å². The van der Waals surface area contributed by atoms with Gasteiger partial charge in [-0.15, -0.1) is 11.3 Å². The Balaban J connectivity index is 2.70. The van der Waals surface area contributed by atoms with Gasteiger partial charge in [-0.2, -0.15) is 0 Å². The zero-order chi connectivity index (χ0) is 12.8. The molecule has 0 saturated heterocycles. The molecule has 1 aromatic heterocycles. The van der Waals surface area contributed by atoms with Gasteiger partial charge in [-0.3, -0.25) is 9.59 Å². The highest BCUT2D eigenvalue weighted by molar-refractivity contribution is 7.11. The van der Waals surface area contributed by atoms with E-state index in [4.69, 9.17) is 9.47 Å². The van der Waals surface area contributed by atoms with E-state index in [-0.39, 0.29) is 6.61 Å². The summed E-state index contributed by atoms with van der Waals surface area (Å²) in [5.74, 6) is -2.89. The number of rotatable bonds is 5. The second-order valence-corrected chi connectivity index (χ2v) is 4.23. The molecule has 6 heteroatoms. The van der Waals surface area contributed by atoms with Crippen LogP contribution in [-0.2, 0) is 14.3 Å². The van der Waals surface area contributed by atoms with E-state index in [1.165, 1.54) is 18.3 Å². The van der Waals surface area contributed by atoms with Crippen molar-refractivity contribution in [2.24, 2.45) is 5.92 Å². The fraction of sp³-hybridized carbons (Fsp3) is 0.455. The van der Waals surface area contributed by atoms with Crippen LogP contribution in [-0.4, -0.2) is 29.8 Å². The van der Waals surface area contributed by atoms with Crippen LogP contribution in [0.5, 0.6) is 5.06 Å². The van der Waals surface area contributed by atoms with Crippen molar-refractivity contribution in [3.8, 4) is 5.06 Å². The third kappa shape index (κ3) is 3.83. The Morgan fingerprint density at radius 1 is 1.47 bits per heavy atom. The Kier molecular flexibility index (Phi) is 5.11. The van der Waals surface area contributed by atoms with Gasteiger partial charge in [-0.1, -0.05) is 0 Å². The second kappa shape index (κ2) is 6.36. The summed E-state index contributed by atoms with van der Waals surface area (Å²) in [6.45, 7) is 3.12. The van der Waals surface area contributed by atoms with Gasteiger partial charge in [0.2, 0.25) is 0 Å². The maximum absolute atomic E-state index is 11.7. The smallest absolute Gasteiger partial charge is 0.329 e. The molecule has 94 valence electrons. The van der Waals surface area contributed by atoms with Gasteiger partial charge in [0.25, 0.3) is 0 Å². The molecule has 0 radical (unpaired) electrons. The van der Waals surface area contributed by atoms with E-state index in [1.54, 1.807) is 24.4 Å². The first-order valence-electron chi connectivity index (χ1n) is 5.16. The highest BCUT2D eigenvalue weighted by Crippen LogP contribution is 2.20. The van der Waals surface area contributed by atoms with Crippen LogP contribution in [0.15, 0.2) is 17.5 Å². The maximum Gasteiger partial charge on any atom is 0.329 e. The molecule has 1 heterocycles. The van der Waals surface area contributed by atoms with Crippen molar-refractivity contribution in [2.75, 3.05) is 6.61 Å². The maximum atomic E-state index is 11.7. The lowest BCUT2D eigenvalue weighted by Crippen LogP contribution is -2.37. The second-order valence-electron chi connectivity index (χ2n) is 3.32. The quantitative estimate of drug-likeness (QED) is 0.635. The van der Waals surface area contributed by atoms with E-state index in [1.807, 2.05) is 0 Å². The van der Waals surface area contributed by atoms with Crippen molar-refractivity contribution >= 4 is 23.3 Å². The summed E-state index contributed by atoms with van der Waals surface area (Å²) in [5, 5.41) is 11.5. The van der Waals surface area contributed by atoms with Crippen LogP contribution in [0.3, 0.4) is 0 Å². The third-order valence-corrected chi connectivity index (χ3v) is 2.72. The summed E-state index contributed by atoms with van der Waals surface area (Å²) in [5.41, 5.74) is 0. The number of aliphatic hydroxyl groups is 1. The molecule has 0 aromatic carbocycles. The van der Waals surface area contributed by atoms with Crippen molar-refractivity contribution in [1.82, 2.24) is 0 Å². The van der Waals surface area contributed by atoms with Crippen molar-refractivity contribution in [2.45, 2.75) is 20.0 Å². The fourth-order valence-electron chi connectivity index (χ4n) is 1.21. The minimum Gasteiger partial charge on any atom is -0.465 e. The van der Waals surface area contributed by atoms with E-state index in [0.717, 1.165) is 0 Å². The predicted molar refractivity (Wildman–Crippen MR) is 61.8 cm³/mol. The normalized spacial score (nSPS) is 13.8. The van der Waals surface area contributed by atoms with Gasteiger partial charge in [0.05, 0.1) is 12.7 Å². The molecule has 0 amide bonds. The van der Waals surface area contributed by atoms with E-state index in [9.17, 15) is 14.7 Å². The molecule has 0 aliphatic rings. The summed E-state index contributed by atoms with van der Waals surface area (Å²) >= 11 is 1.23. The van der Waals surface area contributed by atoms with Crippen molar-refractivity contribution in [3.05, 3.63) is 17.5 Å². The first kappa shape index (κ1) is 13.7. The topological polar surface area (TPSA) is 72.8 Å². The molecule has 0 aliphatic carbocycles. The number of hydrogen-bond donors (Lipinski definition) is 1. The molecule has 17 heavy (non-hydrogen) atoms. The van der Waals surface area contributed by atoms with Crippen molar-refractivity contribution in [1.29, 1.82) is 0 Å². The Labute approximate surface area is 103 Å². The van der Waals surface area contributed by atoms with E-state index >= 15 is 0 Å². The van der Waals surface area contributed by atoms with Crippen molar-refractivity contribution in [3.63, 3.8) is 0 Å². The van der Waals surface area contributed by atoms with E-state index < -0.39 is 24.0 Å². The van der Waals surface area contributed by atoms with Crippen LogP contribution in [0.1, 0.15) is 13.8 Å². The number of thiophene rings is 1. The van der Waals surface area contributed by atoms with Crippen molar-refractivity contribution < 1.29 is 24.2 Å². The first-order chi connectivity index (χ1) is 8.06. The zero-order valence-electron chi connectivity index (χ0n) is 9.58. The largest absolute Gasteiger partial charge is 0.465 e. The summed E-state index contributed by atoms with van der Waals surface area (Å²) in [6.07, 6.45) is -1.15. The molecule has 1 N–H and O–H groups in total. The Hall–Kier alpha value is -1.40. The average Bonchev–Trinajstić information content (AvgIpc) is 2.70. The van der Waals surface area contributed by atoms with Crippen LogP contribution >= 0.6 is 11.3 Å². The van der Waals surface area contributed by atoms with Gasteiger partial charge in [0.1, 0.15) is 0 Å². The summed E-state index contributed by atoms with van der Waals surface area (Å²) in [4.78, 5) is 23.2. The Morgan fingerprint density at radius 3 is 2.65 bits per heavy atom. The summed E-state index contributed by atoms with van der Waals surface area (Å²) in [6, 6.07) is 3.32. The molecule has 2 atom stereocenters. The van der Waals surface area contributed by atoms with Gasteiger partial charge >= 0.3 is 11.9 Å². The van der Waals surface area contributed by atoms with Gasteiger partial charge in [0, 0.05) is 0 Å². The SMILES string of the molecule is CCOC(=O)C(C(=O)Oc1cccs1)C(C)O. The number of carbonyl (C=O) groups is 2. The monoisotopic (exact) mass is 258 g/mol. The highest BCUT2D eigenvalue weighted by Gasteiger charge is 2.34. The molecule has 1 rings (SSSR count). The highest BCUT2D eigenvalue weighted by atomic mass is 32.1. The van der Waals surface area contributed by atoms with Gasteiger partial charge in [-0.05, 0) is 31.4 Å². The molecule has 2 unspecified atom stereocenters. The predicted octanol–water partition coefficient (Wildman–Crippen LogP) is 1.21. The third-order valence-electron chi connectivity index (χ3n) is 1.97. The molecule has 0 fully saturated rings. The lowest BCUT2D eigenvalue weighted by atomic mass is 10.0. The lowest BCUT2D eigenvalue weighted by Gasteiger charge is -2.16. The Morgan fingerprint density at radius 2 is 2.18 bits per heavy atom. The van der Waals surface area contributed by atoms with Crippen LogP contribution in [0.2, 0.25) is 0 Å². The molecule has 1 aromatic rings. The fourth-order valence-corrected chi connectivity index (χ4v) is 1.78. The molecule has 5 nitrogen and oxygen atoms in total. The molecule has 0 spiro atoms. The van der Waals surface area contributed by atoms with Crippen LogP contribution < -0.4 is 4.74 Å². The number of carbonyl (C=O) groups excluding carboxylic acids is 2.